The zero-order chi connectivity index (χ0) is 27.4. The largest absolute Gasteiger partial charge is 0.497 e. The van der Waals surface area contributed by atoms with E-state index >= 15 is 0 Å². The van der Waals surface area contributed by atoms with Gasteiger partial charge in [-0.25, -0.2) is 4.79 Å². The predicted molar refractivity (Wildman–Crippen MR) is 147 cm³/mol. The van der Waals surface area contributed by atoms with Gasteiger partial charge in [-0.2, -0.15) is 0 Å². The van der Waals surface area contributed by atoms with Gasteiger partial charge in [0, 0.05) is 29.1 Å². The van der Waals surface area contributed by atoms with Crippen LogP contribution < -0.4 is 20.3 Å². The van der Waals surface area contributed by atoms with Crippen LogP contribution in [0.15, 0.2) is 71.5 Å². The minimum Gasteiger partial charge on any atom is -0.497 e. The van der Waals surface area contributed by atoms with Gasteiger partial charge in [0.05, 0.1) is 19.9 Å². The van der Waals surface area contributed by atoms with Crippen LogP contribution in [0, 0.1) is 0 Å². The van der Waals surface area contributed by atoms with E-state index in [1.165, 1.54) is 25.8 Å². The number of aromatic nitrogens is 1. The van der Waals surface area contributed by atoms with E-state index in [0.29, 0.717) is 44.1 Å². The Labute approximate surface area is 224 Å². The first-order valence-corrected chi connectivity index (χ1v) is 12.3. The van der Waals surface area contributed by atoms with E-state index in [0.717, 1.165) is 0 Å². The molecule has 1 unspecified atom stereocenters. The summed E-state index contributed by atoms with van der Waals surface area (Å²) in [7, 11) is 4.50. The highest BCUT2D eigenvalue weighted by Gasteiger charge is 2.28. The van der Waals surface area contributed by atoms with Crippen molar-refractivity contribution in [3.8, 4) is 22.6 Å². The second-order valence-corrected chi connectivity index (χ2v) is 8.93. The molecule has 1 heterocycles. The van der Waals surface area contributed by atoms with Crippen molar-refractivity contribution in [1.82, 2.24) is 4.57 Å². The van der Waals surface area contributed by atoms with Gasteiger partial charge in [-0.05, 0) is 47.7 Å². The number of hydrogen-bond donors (Lipinski definition) is 1. The Hall–Kier alpha value is -4.30. The Kier molecular flexibility index (Phi) is 8.02. The molecule has 1 amide bonds. The highest BCUT2D eigenvalue weighted by atomic mass is 35.5. The molecule has 1 aromatic heterocycles. The summed E-state index contributed by atoms with van der Waals surface area (Å²) in [6, 6.07) is 18.9. The molecule has 9 heteroatoms. The third-order valence-corrected chi connectivity index (χ3v) is 6.46. The third kappa shape index (κ3) is 5.21. The van der Waals surface area contributed by atoms with Crippen molar-refractivity contribution < 1.29 is 23.8 Å². The maximum Gasteiger partial charge on any atom is 0.356 e. The van der Waals surface area contributed by atoms with Gasteiger partial charge in [-0.1, -0.05) is 48.9 Å². The molecule has 1 atom stereocenters. The Morgan fingerprint density at radius 3 is 2.29 bits per heavy atom. The average Bonchev–Trinajstić information content (AvgIpc) is 2.93. The van der Waals surface area contributed by atoms with Crippen LogP contribution in [0.3, 0.4) is 0 Å². The van der Waals surface area contributed by atoms with Crippen LogP contribution in [0.1, 0.15) is 23.8 Å². The van der Waals surface area contributed by atoms with Crippen molar-refractivity contribution in [3.63, 3.8) is 0 Å². The summed E-state index contributed by atoms with van der Waals surface area (Å²) < 4.78 is 17.5. The number of fused-ring (bicyclic) bond motifs is 1. The zero-order valence-corrected chi connectivity index (χ0v) is 22.2. The molecule has 8 nitrogen and oxygen atoms in total. The van der Waals surface area contributed by atoms with Gasteiger partial charge >= 0.3 is 5.97 Å². The van der Waals surface area contributed by atoms with Crippen LogP contribution in [0.5, 0.6) is 11.5 Å². The van der Waals surface area contributed by atoms with Gasteiger partial charge < -0.3 is 24.1 Å². The Morgan fingerprint density at radius 2 is 1.66 bits per heavy atom. The first-order valence-electron chi connectivity index (χ1n) is 11.9. The van der Waals surface area contributed by atoms with Crippen LogP contribution in [-0.4, -0.2) is 36.8 Å². The molecule has 0 bridgehead atoms. The zero-order valence-electron chi connectivity index (χ0n) is 21.4. The van der Waals surface area contributed by atoms with Crippen molar-refractivity contribution >= 4 is 39.9 Å². The monoisotopic (exact) mass is 534 g/mol. The summed E-state index contributed by atoms with van der Waals surface area (Å²) in [6.07, 6.45) is -0.945. The smallest absolute Gasteiger partial charge is 0.356 e. The van der Waals surface area contributed by atoms with E-state index < -0.39 is 18.0 Å². The molecule has 0 aliphatic heterocycles. The summed E-state index contributed by atoms with van der Waals surface area (Å²) in [5.74, 6) is -0.418. The lowest BCUT2D eigenvalue weighted by Gasteiger charge is -2.21. The number of carbonyl (C=O) groups excluding carboxylic acids is 2. The number of rotatable bonds is 8. The van der Waals surface area contributed by atoms with E-state index in [1.807, 2.05) is 0 Å². The van der Waals surface area contributed by atoms with Crippen molar-refractivity contribution in [1.29, 1.82) is 0 Å². The predicted octanol–water partition coefficient (Wildman–Crippen LogP) is 5.45. The first-order chi connectivity index (χ1) is 18.3. The van der Waals surface area contributed by atoms with Crippen LogP contribution in [0.2, 0.25) is 5.02 Å². The Morgan fingerprint density at radius 1 is 0.974 bits per heavy atom. The number of halogens is 1. The molecule has 4 rings (SSSR count). The van der Waals surface area contributed by atoms with E-state index in [1.54, 1.807) is 73.7 Å². The summed E-state index contributed by atoms with van der Waals surface area (Å²) in [4.78, 5) is 40.0. The fraction of sp³-hybridized carbons (Fsp3) is 0.207. The molecule has 0 fully saturated rings. The number of nitrogens with one attached hydrogen (secondary N) is 1. The van der Waals surface area contributed by atoms with Gasteiger partial charge in [0.25, 0.3) is 11.5 Å². The number of amides is 1. The molecular formula is C29H27ClN2O6. The minimum absolute atomic E-state index is 0.0289. The maximum absolute atomic E-state index is 13.6. The summed E-state index contributed by atoms with van der Waals surface area (Å²) in [5.41, 5.74) is 1.22. The maximum atomic E-state index is 13.6. The van der Waals surface area contributed by atoms with Crippen LogP contribution in [0.4, 0.5) is 5.69 Å². The van der Waals surface area contributed by atoms with Crippen LogP contribution in [0.25, 0.3) is 21.9 Å². The number of hydrogen-bond acceptors (Lipinski definition) is 6. The fourth-order valence-corrected chi connectivity index (χ4v) is 4.37. The Bertz CT molecular complexity index is 1560. The van der Waals surface area contributed by atoms with Crippen molar-refractivity contribution in [2.45, 2.75) is 19.4 Å². The molecule has 0 saturated heterocycles. The summed E-state index contributed by atoms with van der Waals surface area (Å²) >= 11 is 6.10. The van der Waals surface area contributed by atoms with Gasteiger partial charge in [-0.15, -0.1) is 0 Å². The number of esters is 1. The van der Waals surface area contributed by atoms with Crippen molar-refractivity contribution in [3.05, 3.63) is 87.8 Å². The quantitative estimate of drug-likeness (QED) is 0.302. The lowest BCUT2D eigenvalue weighted by molar-refractivity contribution is -0.124. The van der Waals surface area contributed by atoms with Gasteiger partial charge in [0.1, 0.15) is 17.2 Å². The van der Waals surface area contributed by atoms with Crippen LogP contribution >= 0.6 is 11.6 Å². The number of pyridine rings is 1. The van der Waals surface area contributed by atoms with E-state index in [4.69, 9.17) is 25.8 Å². The summed E-state index contributed by atoms with van der Waals surface area (Å²) in [5, 5.41) is 4.32. The number of anilines is 1. The number of ether oxygens (including phenoxy) is 3. The van der Waals surface area contributed by atoms with E-state index in [9.17, 15) is 14.4 Å². The van der Waals surface area contributed by atoms with Gasteiger partial charge in [0.2, 0.25) is 0 Å². The molecule has 0 saturated carbocycles. The summed E-state index contributed by atoms with van der Waals surface area (Å²) in [6.45, 7) is 1.72. The molecular weight excluding hydrogens is 508 g/mol. The highest BCUT2D eigenvalue weighted by Crippen LogP contribution is 2.33. The molecule has 1 N–H and O–H groups in total. The molecule has 196 valence electrons. The SMILES string of the molecule is CCC(OC(=O)c1c(-c2ccc(Cl)cc2)c2ccccc2c(=O)n1C)C(=O)Nc1cc(OC)ccc1OC. The third-order valence-electron chi connectivity index (χ3n) is 6.21. The molecule has 3 aromatic carbocycles. The van der Waals surface area contributed by atoms with Crippen LogP contribution in [-0.2, 0) is 16.6 Å². The lowest BCUT2D eigenvalue weighted by Crippen LogP contribution is -2.34. The average molecular weight is 535 g/mol. The molecule has 4 aromatic rings. The topological polar surface area (TPSA) is 95.9 Å². The first kappa shape index (κ1) is 26.8. The molecule has 38 heavy (non-hydrogen) atoms. The van der Waals surface area contributed by atoms with Crippen molar-refractivity contribution in [2.75, 3.05) is 19.5 Å². The molecule has 0 spiro atoms. The number of benzene rings is 3. The van der Waals surface area contributed by atoms with E-state index in [2.05, 4.69) is 5.32 Å². The lowest BCUT2D eigenvalue weighted by atomic mass is 9.96. The standard InChI is InChI=1S/C29H27ClN2O6/c1-5-23(27(33)31-22-16-19(36-3)14-15-24(22)37-4)38-29(35)26-25(17-10-12-18(30)13-11-17)20-8-6-7-9-21(20)28(34)32(26)2/h6-16,23H,5H2,1-4H3,(H,31,33). The minimum atomic E-state index is -1.14. The molecule has 0 aliphatic rings. The second kappa shape index (κ2) is 11.4. The number of methoxy groups -OCH3 is 2. The number of carbonyl (C=O) groups is 2. The second-order valence-electron chi connectivity index (χ2n) is 8.50. The molecule has 0 aliphatic carbocycles. The van der Waals surface area contributed by atoms with Gasteiger partial charge in [-0.3, -0.25) is 9.59 Å². The number of nitrogens with zero attached hydrogens (tertiary/aromatic N) is 1. The van der Waals surface area contributed by atoms with Gasteiger partial charge in [0.15, 0.2) is 6.10 Å². The van der Waals surface area contributed by atoms with Crippen molar-refractivity contribution in [2.24, 2.45) is 7.05 Å². The Balaban J connectivity index is 1.74. The fourth-order valence-electron chi connectivity index (χ4n) is 4.25. The van der Waals surface area contributed by atoms with E-state index in [-0.39, 0.29) is 17.7 Å². The normalized spacial score (nSPS) is 11.6. The highest BCUT2D eigenvalue weighted by molar-refractivity contribution is 6.30. The molecule has 0 radical (unpaired) electrons.